The van der Waals surface area contributed by atoms with E-state index in [2.05, 4.69) is 44.3 Å². The summed E-state index contributed by atoms with van der Waals surface area (Å²) in [6.07, 6.45) is 1.20. The van der Waals surface area contributed by atoms with Crippen LogP contribution in [-0.2, 0) is 0 Å². The van der Waals surface area contributed by atoms with Crippen LogP contribution in [0.3, 0.4) is 0 Å². The Hall–Kier alpha value is -1.33. The molecule has 0 aliphatic heterocycles. The second-order valence-corrected chi connectivity index (χ2v) is 5.45. The van der Waals surface area contributed by atoms with E-state index in [-0.39, 0.29) is 0 Å². The molecule has 1 aliphatic rings. The van der Waals surface area contributed by atoms with E-state index in [1.54, 1.807) is 0 Å². The summed E-state index contributed by atoms with van der Waals surface area (Å²) in [7, 11) is 0. The lowest BCUT2D eigenvalue weighted by atomic mass is 9.56. The summed E-state index contributed by atoms with van der Waals surface area (Å²) in [5, 5.41) is 12.3. The number of benzene rings is 1. The maximum atomic E-state index is 8.79. The van der Waals surface area contributed by atoms with E-state index < -0.39 is 0 Å². The molecule has 2 unspecified atom stereocenters. The van der Waals surface area contributed by atoms with Gasteiger partial charge in [-0.3, -0.25) is 0 Å². The lowest BCUT2D eigenvalue weighted by molar-refractivity contribution is 0.0706. The highest BCUT2D eigenvalue weighted by molar-refractivity contribution is 5.35. The molecule has 0 spiro atoms. The molecule has 1 aliphatic carbocycles. The highest BCUT2D eigenvalue weighted by Gasteiger charge is 2.47. The summed E-state index contributed by atoms with van der Waals surface area (Å²) in [6.45, 7) is 7.85. The van der Waals surface area contributed by atoms with Gasteiger partial charge in [-0.2, -0.15) is 5.26 Å². The molecule has 2 atom stereocenters. The topological polar surface area (TPSA) is 35.8 Å². The van der Waals surface area contributed by atoms with Gasteiger partial charge in [-0.15, -0.1) is 0 Å². The highest BCUT2D eigenvalue weighted by atomic mass is 15.0. The minimum absolute atomic E-state index is 0.310. The number of nitrogens with zero attached hydrogens (tertiary/aromatic N) is 1. The summed E-state index contributed by atoms with van der Waals surface area (Å²) in [5.41, 5.74) is 2.42. The van der Waals surface area contributed by atoms with Crippen molar-refractivity contribution in [3.8, 4) is 6.07 Å². The molecular formula is C15H20N2. The van der Waals surface area contributed by atoms with Gasteiger partial charge < -0.3 is 5.32 Å². The molecule has 1 N–H and O–H groups in total. The van der Waals surface area contributed by atoms with Crippen LogP contribution in [0, 0.1) is 16.7 Å². The van der Waals surface area contributed by atoms with Gasteiger partial charge in [0.15, 0.2) is 0 Å². The summed E-state index contributed by atoms with van der Waals surface area (Å²) in [4.78, 5) is 0. The van der Waals surface area contributed by atoms with Crippen LogP contribution in [0.1, 0.15) is 44.2 Å². The molecule has 90 valence electrons. The van der Waals surface area contributed by atoms with Gasteiger partial charge in [0.1, 0.15) is 0 Å². The SMILES string of the molecule is CCNC1CC(c2ccc(C#N)cc2)C1(C)C. The Morgan fingerprint density at radius 2 is 2.00 bits per heavy atom. The van der Waals surface area contributed by atoms with E-state index in [0.29, 0.717) is 17.4 Å². The molecule has 0 aromatic heterocycles. The molecule has 1 aromatic rings. The molecule has 1 aromatic carbocycles. The van der Waals surface area contributed by atoms with Gasteiger partial charge >= 0.3 is 0 Å². The van der Waals surface area contributed by atoms with Gasteiger partial charge in [-0.1, -0.05) is 32.9 Å². The third-order valence-electron chi connectivity index (χ3n) is 4.16. The zero-order valence-electron chi connectivity index (χ0n) is 10.8. The Morgan fingerprint density at radius 1 is 1.35 bits per heavy atom. The number of rotatable bonds is 3. The first-order valence-corrected chi connectivity index (χ1v) is 6.33. The fraction of sp³-hybridized carbons (Fsp3) is 0.533. The molecule has 1 fully saturated rings. The summed E-state index contributed by atoms with van der Waals surface area (Å²) in [5.74, 6) is 0.610. The zero-order chi connectivity index (χ0) is 12.5. The quantitative estimate of drug-likeness (QED) is 0.863. The zero-order valence-corrected chi connectivity index (χ0v) is 10.8. The van der Waals surface area contributed by atoms with Crippen molar-refractivity contribution in [3.63, 3.8) is 0 Å². The van der Waals surface area contributed by atoms with Crippen LogP contribution >= 0.6 is 0 Å². The Balaban J connectivity index is 2.12. The van der Waals surface area contributed by atoms with E-state index in [1.165, 1.54) is 12.0 Å². The van der Waals surface area contributed by atoms with Crippen LogP contribution in [-0.4, -0.2) is 12.6 Å². The maximum Gasteiger partial charge on any atom is 0.0991 e. The normalized spacial score (nSPS) is 26.0. The minimum atomic E-state index is 0.310. The average molecular weight is 228 g/mol. The fourth-order valence-corrected chi connectivity index (χ4v) is 2.87. The number of nitriles is 1. The van der Waals surface area contributed by atoms with E-state index in [9.17, 15) is 0 Å². The molecule has 2 rings (SSSR count). The van der Waals surface area contributed by atoms with Gasteiger partial charge in [0.2, 0.25) is 0 Å². The summed E-state index contributed by atoms with van der Waals surface area (Å²) in [6, 6.07) is 10.8. The Bertz CT molecular complexity index is 425. The van der Waals surface area contributed by atoms with Crippen LogP contribution in [0.2, 0.25) is 0 Å². The Kier molecular flexibility index (Phi) is 3.22. The molecular weight excluding hydrogens is 208 g/mol. The molecule has 0 amide bonds. The van der Waals surface area contributed by atoms with Crippen molar-refractivity contribution in [2.24, 2.45) is 5.41 Å². The van der Waals surface area contributed by atoms with Crippen molar-refractivity contribution >= 4 is 0 Å². The highest BCUT2D eigenvalue weighted by Crippen LogP contribution is 2.52. The molecule has 0 bridgehead atoms. The predicted molar refractivity (Wildman–Crippen MR) is 69.8 cm³/mol. The van der Waals surface area contributed by atoms with Crippen LogP contribution in [0.4, 0.5) is 0 Å². The monoisotopic (exact) mass is 228 g/mol. The first-order valence-electron chi connectivity index (χ1n) is 6.33. The van der Waals surface area contributed by atoms with Crippen molar-refractivity contribution in [2.75, 3.05) is 6.54 Å². The third kappa shape index (κ3) is 2.08. The van der Waals surface area contributed by atoms with Gasteiger partial charge in [0, 0.05) is 6.04 Å². The van der Waals surface area contributed by atoms with Crippen molar-refractivity contribution in [1.29, 1.82) is 5.26 Å². The van der Waals surface area contributed by atoms with Crippen LogP contribution in [0.5, 0.6) is 0 Å². The average Bonchev–Trinajstić information content (AvgIpc) is 2.34. The molecule has 2 heteroatoms. The van der Waals surface area contributed by atoms with E-state index in [0.717, 1.165) is 12.1 Å². The lowest BCUT2D eigenvalue weighted by Gasteiger charge is -2.53. The minimum Gasteiger partial charge on any atom is -0.314 e. The summed E-state index contributed by atoms with van der Waals surface area (Å²) < 4.78 is 0. The number of hydrogen-bond acceptors (Lipinski definition) is 2. The van der Waals surface area contributed by atoms with E-state index in [4.69, 9.17) is 5.26 Å². The second kappa shape index (κ2) is 4.50. The lowest BCUT2D eigenvalue weighted by Crippen LogP contribution is -2.55. The molecule has 0 saturated heterocycles. The van der Waals surface area contributed by atoms with Crippen LogP contribution in [0.15, 0.2) is 24.3 Å². The van der Waals surface area contributed by atoms with E-state index in [1.807, 2.05) is 12.1 Å². The maximum absolute atomic E-state index is 8.79. The number of hydrogen-bond donors (Lipinski definition) is 1. The van der Waals surface area contributed by atoms with Crippen molar-refractivity contribution in [1.82, 2.24) is 5.32 Å². The van der Waals surface area contributed by atoms with Crippen molar-refractivity contribution in [2.45, 2.75) is 39.2 Å². The first-order chi connectivity index (χ1) is 8.09. The Labute approximate surface area is 104 Å². The Morgan fingerprint density at radius 3 is 2.47 bits per heavy atom. The first kappa shape index (κ1) is 12.1. The van der Waals surface area contributed by atoms with Gasteiger partial charge in [-0.25, -0.2) is 0 Å². The van der Waals surface area contributed by atoms with Crippen LogP contribution in [0.25, 0.3) is 0 Å². The van der Waals surface area contributed by atoms with Gasteiger partial charge in [0.05, 0.1) is 11.6 Å². The largest absolute Gasteiger partial charge is 0.314 e. The van der Waals surface area contributed by atoms with Gasteiger partial charge in [0.25, 0.3) is 0 Å². The van der Waals surface area contributed by atoms with Crippen LogP contribution < -0.4 is 5.32 Å². The van der Waals surface area contributed by atoms with Crippen molar-refractivity contribution < 1.29 is 0 Å². The predicted octanol–water partition coefficient (Wildman–Crippen LogP) is 3.05. The summed E-state index contributed by atoms with van der Waals surface area (Å²) >= 11 is 0. The molecule has 0 heterocycles. The standard InChI is InChI=1S/C15H20N2/c1-4-17-14-9-13(15(14,2)3)12-7-5-11(10-16)6-8-12/h5-8,13-14,17H,4,9H2,1-3H3. The molecule has 17 heavy (non-hydrogen) atoms. The fourth-order valence-electron chi connectivity index (χ4n) is 2.87. The third-order valence-corrected chi connectivity index (χ3v) is 4.16. The second-order valence-electron chi connectivity index (χ2n) is 5.45. The van der Waals surface area contributed by atoms with E-state index >= 15 is 0 Å². The molecule has 1 saturated carbocycles. The molecule has 2 nitrogen and oxygen atoms in total. The smallest absolute Gasteiger partial charge is 0.0991 e. The number of nitrogens with one attached hydrogen (secondary N) is 1. The molecule has 0 radical (unpaired) electrons. The van der Waals surface area contributed by atoms with Gasteiger partial charge in [-0.05, 0) is 42.0 Å². The van der Waals surface area contributed by atoms with Crippen molar-refractivity contribution in [3.05, 3.63) is 35.4 Å².